The second-order valence-electron chi connectivity index (χ2n) is 7.88. The Labute approximate surface area is 195 Å². The third-order valence-corrected chi connectivity index (χ3v) is 6.69. The molecule has 1 aliphatic carbocycles. The molecule has 0 unspecified atom stereocenters. The minimum Gasteiger partial charge on any atom is -0.322 e. The summed E-state index contributed by atoms with van der Waals surface area (Å²) in [5, 5.41) is 2.72. The quantitative estimate of drug-likeness (QED) is 0.232. The largest absolute Gasteiger partial charge is 0.322 e. The van der Waals surface area contributed by atoms with Gasteiger partial charge in [-0.3, -0.25) is 9.59 Å². The van der Waals surface area contributed by atoms with Gasteiger partial charge in [0, 0.05) is 16.1 Å². The minimum absolute atomic E-state index is 0.00973. The summed E-state index contributed by atoms with van der Waals surface area (Å²) < 4.78 is 13.9. The maximum Gasteiger partial charge on any atom is 0.258 e. The number of fused-ring (bicyclic) bond motifs is 3. The Morgan fingerprint density at radius 2 is 1.61 bits per heavy atom. The molecule has 4 aromatic rings. The van der Waals surface area contributed by atoms with Crippen LogP contribution in [0.4, 0.5) is 10.1 Å². The second kappa shape index (κ2) is 9.04. The number of ketones is 1. The SMILES string of the molecule is O=C(CSc1cccc(NC(=O)c2ccccc2F)c1)c1ccc2c(c1)Cc1ccccc1-2. The van der Waals surface area contributed by atoms with E-state index >= 15 is 0 Å². The van der Waals surface area contributed by atoms with Crippen LogP contribution < -0.4 is 5.32 Å². The molecule has 5 rings (SSSR count). The average Bonchev–Trinajstić information content (AvgIpc) is 3.21. The van der Waals surface area contributed by atoms with Gasteiger partial charge in [-0.15, -0.1) is 11.8 Å². The van der Waals surface area contributed by atoms with Gasteiger partial charge in [-0.2, -0.15) is 0 Å². The van der Waals surface area contributed by atoms with Crippen molar-refractivity contribution in [2.45, 2.75) is 11.3 Å². The van der Waals surface area contributed by atoms with Crippen molar-refractivity contribution in [2.24, 2.45) is 0 Å². The van der Waals surface area contributed by atoms with E-state index in [1.54, 1.807) is 30.3 Å². The van der Waals surface area contributed by atoms with Crippen LogP contribution in [0.2, 0.25) is 0 Å². The summed E-state index contributed by atoms with van der Waals surface area (Å²) in [7, 11) is 0. The third kappa shape index (κ3) is 4.45. The van der Waals surface area contributed by atoms with Gasteiger partial charge in [0.15, 0.2) is 5.78 Å². The summed E-state index contributed by atoms with van der Waals surface area (Å²) in [4.78, 5) is 26.1. The van der Waals surface area contributed by atoms with Crippen LogP contribution in [0.3, 0.4) is 0 Å². The molecule has 0 aromatic heterocycles. The number of hydrogen-bond donors (Lipinski definition) is 1. The summed E-state index contributed by atoms with van der Waals surface area (Å²) in [6.07, 6.45) is 0.851. The molecular formula is C28H20FNO2S. The fourth-order valence-electron chi connectivity index (χ4n) is 4.06. The van der Waals surface area contributed by atoms with E-state index in [2.05, 4.69) is 17.4 Å². The lowest BCUT2D eigenvalue weighted by atomic mass is 10.0. The summed E-state index contributed by atoms with van der Waals surface area (Å²) in [5.41, 5.74) is 6.17. The number of thioether (sulfide) groups is 1. The fraction of sp³-hybridized carbons (Fsp3) is 0.0714. The summed E-state index contributed by atoms with van der Waals surface area (Å²) in [6.45, 7) is 0. The molecule has 0 saturated heterocycles. The molecule has 0 aliphatic heterocycles. The van der Waals surface area contributed by atoms with Crippen LogP contribution in [-0.4, -0.2) is 17.4 Å². The van der Waals surface area contributed by atoms with Gasteiger partial charge in [-0.25, -0.2) is 4.39 Å². The standard InChI is InChI=1S/C28H20FNO2S/c29-26-11-4-3-10-25(26)28(32)30-21-7-5-8-22(16-21)33-17-27(31)19-12-13-24-20(15-19)14-18-6-1-2-9-23(18)24/h1-13,15-16H,14,17H2,(H,30,32). The van der Waals surface area contributed by atoms with Crippen LogP contribution in [0.5, 0.6) is 0 Å². The van der Waals surface area contributed by atoms with Crippen LogP contribution in [-0.2, 0) is 6.42 Å². The molecule has 0 heterocycles. The lowest BCUT2D eigenvalue weighted by molar-refractivity contribution is 0.101. The van der Waals surface area contributed by atoms with E-state index in [0.29, 0.717) is 11.3 Å². The lowest BCUT2D eigenvalue weighted by Gasteiger charge is -2.08. The highest BCUT2D eigenvalue weighted by molar-refractivity contribution is 8.00. The Morgan fingerprint density at radius 1 is 0.818 bits per heavy atom. The molecular weight excluding hydrogens is 433 g/mol. The zero-order valence-electron chi connectivity index (χ0n) is 17.7. The molecule has 0 saturated carbocycles. The van der Waals surface area contributed by atoms with E-state index in [1.165, 1.54) is 46.1 Å². The highest BCUT2D eigenvalue weighted by atomic mass is 32.2. The highest BCUT2D eigenvalue weighted by Gasteiger charge is 2.19. The Hall–Kier alpha value is -3.70. The van der Waals surface area contributed by atoms with Crippen molar-refractivity contribution in [2.75, 3.05) is 11.1 Å². The van der Waals surface area contributed by atoms with Gasteiger partial charge < -0.3 is 5.32 Å². The Kier molecular flexibility index (Phi) is 5.80. The molecule has 1 amide bonds. The Bertz CT molecular complexity index is 1380. The van der Waals surface area contributed by atoms with Gasteiger partial charge in [0.25, 0.3) is 5.91 Å². The number of amides is 1. The van der Waals surface area contributed by atoms with Crippen LogP contribution in [0.25, 0.3) is 11.1 Å². The van der Waals surface area contributed by atoms with Crippen LogP contribution >= 0.6 is 11.8 Å². The first-order chi connectivity index (χ1) is 16.1. The molecule has 0 atom stereocenters. The predicted octanol–water partition coefficient (Wildman–Crippen LogP) is 6.62. The summed E-state index contributed by atoms with van der Waals surface area (Å²) >= 11 is 1.41. The Balaban J connectivity index is 1.24. The smallest absolute Gasteiger partial charge is 0.258 e. The summed E-state index contributed by atoms with van der Waals surface area (Å²) in [5.74, 6) is -0.732. The average molecular weight is 454 g/mol. The van der Waals surface area contributed by atoms with E-state index in [1.807, 2.05) is 36.4 Å². The number of halogens is 1. The first-order valence-electron chi connectivity index (χ1n) is 10.6. The molecule has 0 spiro atoms. The first-order valence-corrected chi connectivity index (χ1v) is 11.6. The molecule has 1 aliphatic rings. The van der Waals surface area contributed by atoms with E-state index < -0.39 is 11.7 Å². The van der Waals surface area contributed by atoms with Gasteiger partial charge in [0.1, 0.15) is 5.82 Å². The minimum atomic E-state index is -0.566. The van der Waals surface area contributed by atoms with Crippen LogP contribution in [0.1, 0.15) is 31.8 Å². The number of anilines is 1. The van der Waals surface area contributed by atoms with Gasteiger partial charge in [0.2, 0.25) is 0 Å². The zero-order valence-corrected chi connectivity index (χ0v) is 18.5. The number of benzene rings is 4. The van der Waals surface area contributed by atoms with Crippen LogP contribution in [0.15, 0.2) is 95.9 Å². The molecule has 4 aromatic carbocycles. The Morgan fingerprint density at radius 3 is 2.48 bits per heavy atom. The van der Waals surface area contributed by atoms with E-state index in [-0.39, 0.29) is 17.1 Å². The second-order valence-corrected chi connectivity index (χ2v) is 8.93. The van der Waals surface area contributed by atoms with E-state index in [4.69, 9.17) is 0 Å². The topological polar surface area (TPSA) is 46.2 Å². The maximum atomic E-state index is 13.9. The monoisotopic (exact) mass is 453 g/mol. The van der Waals surface area contributed by atoms with Gasteiger partial charge in [0.05, 0.1) is 11.3 Å². The van der Waals surface area contributed by atoms with E-state index in [9.17, 15) is 14.0 Å². The van der Waals surface area contributed by atoms with Gasteiger partial charge >= 0.3 is 0 Å². The van der Waals surface area contributed by atoms with Gasteiger partial charge in [-0.1, -0.05) is 54.6 Å². The molecule has 0 radical (unpaired) electrons. The zero-order chi connectivity index (χ0) is 22.8. The van der Waals surface area contributed by atoms with Gasteiger partial charge in [-0.05, 0) is 65.1 Å². The number of carbonyl (C=O) groups excluding carboxylic acids is 2. The molecule has 0 fully saturated rings. The van der Waals surface area contributed by atoms with Crippen molar-refractivity contribution in [3.05, 3.63) is 119 Å². The molecule has 162 valence electrons. The number of nitrogens with one attached hydrogen (secondary N) is 1. The maximum absolute atomic E-state index is 13.9. The third-order valence-electron chi connectivity index (χ3n) is 5.70. The molecule has 5 heteroatoms. The number of Topliss-reactive ketones (excluding diaryl/α,β-unsaturated/α-hetero) is 1. The first kappa shape index (κ1) is 21.2. The number of hydrogen-bond acceptors (Lipinski definition) is 3. The number of carbonyl (C=O) groups is 2. The molecule has 3 nitrogen and oxygen atoms in total. The normalized spacial score (nSPS) is 11.5. The van der Waals surface area contributed by atoms with Crippen molar-refractivity contribution >= 4 is 29.1 Å². The predicted molar refractivity (Wildman–Crippen MR) is 131 cm³/mol. The molecule has 33 heavy (non-hydrogen) atoms. The fourth-order valence-corrected chi connectivity index (χ4v) is 4.91. The van der Waals surface area contributed by atoms with Crippen molar-refractivity contribution in [3.8, 4) is 11.1 Å². The van der Waals surface area contributed by atoms with Crippen molar-refractivity contribution in [1.82, 2.24) is 0 Å². The molecule has 0 bridgehead atoms. The molecule has 1 N–H and O–H groups in total. The highest BCUT2D eigenvalue weighted by Crippen LogP contribution is 2.37. The van der Waals surface area contributed by atoms with Crippen molar-refractivity contribution < 1.29 is 14.0 Å². The van der Waals surface area contributed by atoms with E-state index in [0.717, 1.165) is 11.3 Å². The lowest BCUT2D eigenvalue weighted by Crippen LogP contribution is -2.13. The summed E-state index contributed by atoms with van der Waals surface area (Å²) in [6, 6.07) is 27.3. The van der Waals surface area contributed by atoms with Crippen molar-refractivity contribution in [3.63, 3.8) is 0 Å². The van der Waals surface area contributed by atoms with Crippen LogP contribution in [0, 0.1) is 5.82 Å². The van der Waals surface area contributed by atoms with Crippen molar-refractivity contribution in [1.29, 1.82) is 0 Å². The number of rotatable bonds is 6.